The summed E-state index contributed by atoms with van der Waals surface area (Å²) in [5.41, 5.74) is -43.5. The third kappa shape index (κ3) is 12.5. The number of hydrogen-bond donors (Lipinski definition) is 33. The predicted molar refractivity (Wildman–Crippen MR) is 436 cm³/mol. The summed E-state index contributed by atoms with van der Waals surface area (Å²) in [5.74, 6) is -85.7. The van der Waals surface area contributed by atoms with Crippen LogP contribution in [-0.4, -0.2) is 321 Å². The van der Waals surface area contributed by atoms with E-state index >= 15 is 47.9 Å². The molecule has 11 aliphatic heterocycles. The van der Waals surface area contributed by atoms with E-state index in [1.807, 2.05) is 0 Å². The van der Waals surface area contributed by atoms with Crippen molar-refractivity contribution >= 4 is 59.7 Å². The molecule has 21 rings (SSSR count). The maximum absolute atomic E-state index is 17.1. The van der Waals surface area contributed by atoms with Crippen molar-refractivity contribution in [2.45, 2.75) is 85.5 Å². The number of carbonyl (C=O) groups excluding carboxylic acids is 10. The van der Waals surface area contributed by atoms with Gasteiger partial charge >= 0.3 is 59.7 Å². The number of phenolic OH excluding ortho intramolecular Hbond substituents is 30. The van der Waals surface area contributed by atoms with Crippen molar-refractivity contribution in [2.75, 3.05) is 19.8 Å². The molecule has 0 aromatic heterocycles. The highest BCUT2D eigenvalue weighted by molar-refractivity contribution is 6.20. The maximum atomic E-state index is 17.1. The molecule has 0 amide bonds. The SMILES string of the molecule is O=C1OCC2OC(=O)c3cc(O)c(O)c(O)c3-c3c(O)c(O)c(O)c4c3C(=O)OC(C2OC(=O)c2cc(O)c(O)c(O)c2-c2c1cc(O)c(O)c2O)C1OC(=O)c2c-4c(O)c(O)c(O)c2[C@@H]1c1c(O)c(O)c(O)c2c1C(=O)OCC1OC(=O)c3cc(O)c(O)c(O)c3-c3c(O)c(O)c(O)c4c3C(=O)OC(C1OC(=O)c1cc(O)c(O)c(O)c1-2)C1OC(=O)c2c-4c(O)c(O)c(O)c2[C@H]1O[C@@H]1OC[C@@H](O)[C@H](O)[C@@H]1O. The lowest BCUT2D eigenvalue weighted by Gasteiger charge is -2.44. The van der Waals surface area contributed by atoms with E-state index in [4.69, 9.17) is 56.8 Å². The number of benzene rings is 10. The topological polar surface area (TPSA) is 949 Å². The monoisotopic (exact) mass is 1980 g/mol. The van der Waals surface area contributed by atoms with E-state index in [0.29, 0.717) is 0 Å². The summed E-state index contributed by atoms with van der Waals surface area (Å²) < 4.78 is 71.2. The van der Waals surface area contributed by atoms with E-state index in [9.17, 15) is 169 Å². The summed E-state index contributed by atoms with van der Waals surface area (Å²) in [5, 5.41) is 394. The van der Waals surface area contributed by atoms with Crippen LogP contribution >= 0.6 is 0 Å². The molecule has 1 fully saturated rings. The lowest BCUT2D eigenvalue weighted by molar-refractivity contribution is -0.297. The van der Waals surface area contributed by atoms with E-state index in [-0.39, 0.29) is 30.3 Å². The highest BCUT2D eigenvalue weighted by Crippen LogP contribution is 2.69. The summed E-state index contributed by atoms with van der Waals surface area (Å²) in [6.07, 6.45) is -40.3. The molecular formula is C87H58O55. The van der Waals surface area contributed by atoms with Gasteiger partial charge in [0.1, 0.15) is 37.6 Å². The summed E-state index contributed by atoms with van der Waals surface area (Å²) in [7, 11) is 0. The molecular weight excluding hydrogens is 1920 g/mol. The molecule has 1 saturated heterocycles. The highest BCUT2D eigenvalue weighted by Gasteiger charge is 2.62. The van der Waals surface area contributed by atoms with E-state index in [0.717, 1.165) is 0 Å². The average molecular weight is 1980 g/mol. The summed E-state index contributed by atoms with van der Waals surface area (Å²) in [4.78, 5) is 161. The third-order valence-electron chi connectivity index (χ3n) is 25.1. The Morgan fingerprint density at radius 2 is 0.458 bits per heavy atom. The molecule has 11 heterocycles. The fourth-order valence-corrected chi connectivity index (χ4v) is 18.7. The molecule has 0 saturated carbocycles. The van der Waals surface area contributed by atoms with Crippen molar-refractivity contribution in [1.82, 2.24) is 0 Å². The third-order valence-corrected chi connectivity index (χ3v) is 25.1. The molecule has 55 heteroatoms. The largest absolute Gasteiger partial charge is 0.504 e. The van der Waals surface area contributed by atoms with E-state index in [1.54, 1.807) is 0 Å². The number of esters is 10. The van der Waals surface area contributed by atoms with Gasteiger partial charge in [-0.1, -0.05) is 0 Å². The Morgan fingerprint density at radius 1 is 0.211 bits per heavy atom. The van der Waals surface area contributed by atoms with Crippen molar-refractivity contribution < 1.29 is 273 Å². The Kier molecular flexibility index (Phi) is 20.3. The molecule has 0 spiro atoms. The van der Waals surface area contributed by atoms with Gasteiger partial charge in [0.15, 0.2) is 170 Å². The minimum absolute atomic E-state index is 0.0646. The number of carbonyl (C=O) groups is 10. The van der Waals surface area contributed by atoms with Crippen LogP contribution in [0.25, 0.3) is 66.8 Å². The minimum Gasteiger partial charge on any atom is -0.504 e. The Balaban J connectivity index is 0.922. The molecule has 142 heavy (non-hydrogen) atoms. The van der Waals surface area contributed by atoms with Gasteiger partial charge < -0.3 is 225 Å². The molecule has 12 bridgehead atoms. The Bertz CT molecular complexity index is 7590. The van der Waals surface area contributed by atoms with Crippen LogP contribution in [0.5, 0.6) is 172 Å². The van der Waals surface area contributed by atoms with Crippen molar-refractivity contribution in [3.05, 3.63) is 103 Å². The van der Waals surface area contributed by atoms with E-state index in [2.05, 4.69) is 0 Å². The van der Waals surface area contributed by atoms with E-state index in [1.165, 1.54) is 0 Å². The fraction of sp³-hybridized carbons (Fsp3) is 0.195. The van der Waals surface area contributed by atoms with Gasteiger partial charge in [0.25, 0.3) is 0 Å². The van der Waals surface area contributed by atoms with Crippen LogP contribution in [0.4, 0.5) is 0 Å². The van der Waals surface area contributed by atoms with Gasteiger partial charge in [0, 0.05) is 83.5 Å². The molecule has 55 nitrogen and oxygen atoms in total. The number of fused-ring (bicyclic) bond motifs is 14. The van der Waals surface area contributed by atoms with Gasteiger partial charge in [0.05, 0.1) is 68.2 Å². The van der Waals surface area contributed by atoms with Crippen LogP contribution in [0.3, 0.4) is 0 Å². The van der Waals surface area contributed by atoms with Crippen molar-refractivity contribution in [3.63, 3.8) is 0 Å². The molecule has 33 N–H and O–H groups in total. The van der Waals surface area contributed by atoms with Gasteiger partial charge in [-0.25, -0.2) is 47.9 Å². The van der Waals surface area contributed by atoms with Gasteiger partial charge in [-0.05, 0) is 30.3 Å². The van der Waals surface area contributed by atoms with Gasteiger partial charge in [-0.15, -0.1) is 0 Å². The number of phenols is 30. The number of cyclic esters (lactones) is 2. The average Bonchev–Trinajstić information content (AvgIpc) is 0.967. The second-order valence-corrected chi connectivity index (χ2v) is 32.6. The number of hydrogen-bond acceptors (Lipinski definition) is 55. The number of rotatable bonds is 3. The molecule has 10 aromatic carbocycles. The lowest BCUT2D eigenvalue weighted by atomic mass is 9.72. The first-order valence-corrected chi connectivity index (χ1v) is 40.2. The Morgan fingerprint density at radius 3 is 0.824 bits per heavy atom. The molecule has 8 unspecified atom stereocenters. The van der Waals surface area contributed by atoms with Crippen LogP contribution < -0.4 is 0 Å². The van der Waals surface area contributed by atoms with Crippen LogP contribution in [-0.2, 0) is 56.8 Å². The number of aliphatic hydroxyl groups is 3. The fourth-order valence-electron chi connectivity index (χ4n) is 18.7. The molecule has 736 valence electrons. The first-order chi connectivity index (χ1) is 66.9. The first kappa shape index (κ1) is 91.8. The maximum Gasteiger partial charge on any atom is 0.340 e. The summed E-state index contributed by atoms with van der Waals surface area (Å²) in [6, 6.07) is 0.363. The lowest BCUT2D eigenvalue weighted by Crippen LogP contribution is -2.58. The smallest absolute Gasteiger partial charge is 0.340 e. The summed E-state index contributed by atoms with van der Waals surface area (Å²) >= 11 is 0. The van der Waals surface area contributed by atoms with Gasteiger partial charge in [0.2, 0.25) is 57.5 Å². The molecule has 0 aliphatic carbocycles. The zero-order chi connectivity index (χ0) is 103. The van der Waals surface area contributed by atoms with Crippen LogP contribution in [0.15, 0.2) is 30.3 Å². The van der Waals surface area contributed by atoms with Crippen LogP contribution in [0.2, 0.25) is 0 Å². The zero-order valence-electron chi connectivity index (χ0n) is 69.3. The van der Waals surface area contributed by atoms with Gasteiger partial charge in [-0.3, -0.25) is 0 Å². The number of aliphatic hydroxyl groups excluding tert-OH is 3. The second kappa shape index (κ2) is 31.4. The minimum atomic E-state index is -3.70. The van der Waals surface area contributed by atoms with Crippen molar-refractivity contribution in [1.29, 1.82) is 0 Å². The Labute approximate surface area is 777 Å². The number of aromatic hydroxyl groups is 30. The predicted octanol–water partition coefficient (Wildman–Crippen LogP) is 1.51. The van der Waals surface area contributed by atoms with Crippen LogP contribution in [0, 0.1) is 0 Å². The quantitative estimate of drug-likeness (QED) is 0.0677. The number of ether oxygens (including phenoxy) is 12. The molecule has 10 aromatic rings. The molecule has 14 atom stereocenters. The highest BCUT2D eigenvalue weighted by atomic mass is 16.7. The summed E-state index contributed by atoms with van der Waals surface area (Å²) in [6.45, 7) is -5.42. The Hall–Kier alpha value is -19.3. The normalized spacial score (nSPS) is 23.0. The van der Waals surface area contributed by atoms with Gasteiger partial charge in [-0.2, -0.15) is 0 Å². The standard InChI is InChI=1S/C87H58O55/c88-14-1-9-22(49(100)43(14)94)23-10(2-15(89)44(95)50(23)101)80(124)136-70-20(7-131-77(9)121)134-78(122)11-3-16(90)45(96)51(102)24(11)28-38-30(57(108)64(115)55(28)106)31-40-35(62(113)67(118)58(31)109)36(72(138-83(40)127)74(70)139-84(38)128)34-37-27(54(105)66(117)61(34)112)26-13(5-18(92)47(98)53(26)104)81(125)137-71-21(8-132-82(37)126)135-79(123)12-4-17(91)46(97)52(103)25(12)29-39-32(59(110)65(116)56(29)107)33-41-42(63(114)68(119)60(33)111)73(76(141-86(41)130)75(71)140-85(39)129)142-87-69(120)48(99)19(93)6-133-87/h1-5,19-21,36,48,69-76,87-120H,6-8H2/t19-,20?,21?,36+,48+,69+,70?,71?,72?,73-,74?,75?,76?,87+/m1/s1. The van der Waals surface area contributed by atoms with Crippen LogP contribution in [0.1, 0.15) is 132 Å². The molecule has 11 aliphatic rings. The van der Waals surface area contributed by atoms with E-state index < -0.39 is 477 Å². The first-order valence-electron chi connectivity index (χ1n) is 40.2. The zero-order valence-corrected chi connectivity index (χ0v) is 69.3. The second-order valence-electron chi connectivity index (χ2n) is 32.6. The molecule has 0 radical (unpaired) electrons. The van der Waals surface area contributed by atoms with Crippen molar-refractivity contribution in [3.8, 4) is 239 Å². The van der Waals surface area contributed by atoms with Crippen molar-refractivity contribution in [2.24, 2.45) is 0 Å².